The number of hydrogen-bond donors (Lipinski definition) is 1. The third-order valence-corrected chi connectivity index (χ3v) is 4.24. The average Bonchev–Trinajstić information content (AvgIpc) is 2.92. The number of anilines is 1. The molecule has 1 aromatic rings. The molecule has 0 radical (unpaired) electrons. The van der Waals surface area contributed by atoms with Gasteiger partial charge in [0.25, 0.3) is 0 Å². The quantitative estimate of drug-likeness (QED) is 0.835. The first-order chi connectivity index (χ1) is 9.84. The van der Waals surface area contributed by atoms with E-state index >= 15 is 0 Å². The Kier molecular flexibility index (Phi) is 4.05. The Labute approximate surface area is 120 Å². The molecule has 0 unspecified atom stereocenters. The maximum Gasteiger partial charge on any atom is 0.321 e. The highest BCUT2D eigenvalue weighted by molar-refractivity contribution is 5.94. The molecule has 1 heterocycles. The maximum atomic E-state index is 12.2. The predicted octanol–water partition coefficient (Wildman–Crippen LogP) is 3.65. The van der Waals surface area contributed by atoms with Gasteiger partial charge in [0, 0.05) is 18.8 Å². The van der Waals surface area contributed by atoms with Gasteiger partial charge in [-0.1, -0.05) is 29.8 Å². The first-order valence-electron chi connectivity index (χ1n) is 7.66. The molecule has 1 N–H and O–H groups in total. The van der Waals surface area contributed by atoms with E-state index in [0.717, 1.165) is 31.6 Å². The van der Waals surface area contributed by atoms with Crippen LogP contribution in [0.3, 0.4) is 0 Å². The van der Waals surface area contributed by atoms with E-state index in [9.17, 15) is 4.79 Å². The normalized spacial score (nSPS) is 17.6. The Balaban J connectivity index is 1.52. The number of hydrogen-bond acceptors (Lipinski definition) is 1. The summed E-state index contributed by atoms with van der Waals surface area (Å²) in [4.78, 5) is 14.1. The molecule has 20 heavy (non-hydrogen) atoms. The summed E-state index contributed by atoms with van der Waals surface area (Å²) < 4.78 is 0. The van der Waals surface area contributed by atoms with Gasteiger partial charge in [-0.25, -0.2) is 4.79 Å². The van der Waals surface area contributed by atoms with E-state index in [0.29, 0.717) is 0 Å². The van der Waals surface area contributed by atoms with Crippen LogP contribution in [-0.2, 0) is 6.42 Å². The Morgan fingerprint density at radius 2 is 2.10 bits per heavy atom. The Morgan fingerprint density at radius 1 is 1.20 bits per heavy atom. The van der Waals surface area contributed by atoms with E-state index in [1.165, 1.54) is 36.8 Å². The van der Waals surface area contributed by atoms with Gasteiger partial charge in [-0.15, -0.1) is 0 Å². The summed E-state index contributed by atoms with van der Waals surface area (Å²) in [5.41, 5.74) is 3.86. The molecule has 1 aliphatic heterocycles. The van der Waals surface area contributed by atoms with Crippen LogP contribution in [-0.4, -0.2) is 19.1 Å². The molecule has 2 aliphatic rings. The highest BCUT2D eigenvalue weighted by atomic mass is 16.2. The van der Waals surface area contributed by atoms with Crippen molar-refractivity contribution in [3.05, 3.63) is 41.5 Å². The largest absolute Gasteiger partial charge is 0.337 e. The van der Waals surface area contributed by atoms with Gasteiger partial charge in [0.2, 0.25) is 0 Å². The number of nitrogens with zero attached hydrogens (tertiary/aromatic N) is 1. The van der Waals surface area contributed by atoms with Crippen molar-refractivity contribution in [2.45, 2.75) is 38.5 Å². The van der Waals surface area contributed by atoms with Crippen LogP contribution in [0.15, 0.2) is 35.9 Å². The number of urea groups is 1. The van der Waals surface area contributed by atoms with Crippen molar-refractivity contribution in [3.63, 3.8) is 0 Å². The summed E-state index contributed by atoms with van der Waals surface area (Å²) in [5, 5.41) is 3.06. The van der Waals surface area contributed by atoms with Crippen LogP contribution >= 0.6 is 0 Å². The van der Waals surface area contributed by atoms with Crippen molar-refractivity contribution in [2.24, 2.45) is 0 Å². The predicted molar refractivity (Wildman–Crippen MR) is 82.1 cm³/mol. The molecule has 0 atom stereocenters. The molecule has 0 spiro atoms. The third kappa shape index (κ3) is 2.87. The number of benzene rings is 1. The molecule has 2 amide bonds. The second kappa shape index (κ2) is 6.12. The van der Waals surface area contributed by atoms with Crippen LogP contribution in [0.5, 0.6) is 0 Å². The first kappa shape index (κ1) is 13.2. The second-order valence-electron chi connectivity index (χ2n) is 5.62. The molecule has 3 nitrogen and oxygen atoms in total. The number of para-hydroxylation sites is 1. The van der Waals surface area contributed by atoms with E-state index in [-0.39, 0.29) is 6.03 Å². The zero-order valence-electron chi connectivity index (χ0n) is 11.9. The van der Waals surface area contributed by atoms with Crippen LogP contribution in [0.25, 0.3) is 0 Å². The maximum absolute atomic E-state index is 12.2. The lowest BCUT2D eigenvalue weighted by Crippen LogP contribution is -2.39. The van der Waals surface area contributed by atoms with Crippen molar-refractivity contribution in [1.29, 1.82) is 0 Å². The van der Waals surface area contributed by atoms with Crippen molar-refractivity contribution in [2.75, 3.05) is 18.0 Å². The Bertz CT molecular complexity index is 521. The minimum Gasteiger partial charge on any atom is -0.337 e. The minimum atomic E-state index is 0.0476. The monoisotopic (exact) mass is 270 g/mol. The van der Waals surface area contributed by atoms with Crippen molar-refractivity contribution in [3.8, 4) is 0 Å². The first-order valence-corrected chi connectivity index (χ1v) is 7.66. The molecule has 1 aromatic carbocycles. The molecule has 3 rings (SSSR count). The zero-order valence-corrected chi connectivity index (χ0v) is 11.9. The molecule has 0 aromatic heterocycles. The fourth-order valence-electron chi connectivity index (χ4n) is 3.11. The molecule has 0 fully saturated rings. The van der Waals surface area contributed by atoms with Crippen LogP contribution in [0.1, 0.15) is 37.7 Å². The van der Waals surface area contributed by atoms with Crippen LogP contribution in [0.4, 0.5) is 10.5 Å². The minimum absolute atomic E-state index is 0.0476. The van der Waals surface area contributed by atoms with Gasteiger partial charge in [0.05, 0.1) is 0 Å². The van der Waals surface area contributed by atoms with Crippen LogP contribution in [0, 0.1) is 0 Å². The van der Waals surface area contributed by atoms with E-state index in [1.54, 1.807) is 0 Å². The number of nitrogens with one attached hydrogen (secondary N) is 1. The van der Waals surface area contributed by atoms with Gasteiger partial charge in [-0.3, -0.25) is 4.90 Å². The second-order valence-corrected chi connectivity index (χ2v) is 5.62. The summed E-state index contributed by atoms with van der Waals surface area (Å²) in [6.07, 6.45) is 9.36. The molecule has 0 saturated carbocycles. The third-order valence-electron chi connectivity index (χ3n) is 4.24. The van der Waals surface area contributed by atoms with Crippen molar-refractivity contribution < 1.29 is 4.79 Å². The summed E-state index contributed by atoms with van der Waals surface area (Å²) in [6, 6.07) is 8.22. The molecular formula is C17H22N2O. The van der Waals surface area contributed by atoms with Gasteiger partial charge in [0.15, 0.2) is 0 Å². The number of carbonyl (C=O) groups excluding carboxylic acids is 1. The van der Waals surface area contributed by atoms with Gasteiger partial charge in [-0.05, 0) is 50.2 Å². The van der Waals surface area contributed by atoms with E-state index in [1.807, 2.05) is 23.1 Å². The fourth-order valence-corrected chi connectivity index (χ4v) is 3.11. The van der Waals surface area contributed by atoms with E-state index in [2.05, 4.69) is 17.5 Å². The summed E-state index contributed by atoms with van der Waals surface area (Å²) in [7, 11) is 0. The van der Waals surface area contributed by atoms with Gasteiger partial charge in [-0.2, -0.15) is 0 Å². The summed E-state index contributed by atoms with van der Waals surface area (Å²) in [6.45, 7) is 1.55. The highest BCUT2D eigenvalue weighted by Gasteiger charge is 2.23. The molecular weight excluding hydrogens is 248 g/mol. The summed E-state index contributed by atoms with van der Waals surface area (Å²) in [5.74, 6) is 0. The van der Waals surface area contributed by atoms with Gasteiger partial charge in [0.1, 0.15) is 0 Å². The lowest BCUT2D eigenvalue weighted by Gasteiger charge is -2.19. The lowest BCUT2D eigenvalue weighted by molar-refractivity contribution is 0.247. The number of amides is 2. The number of rotatable bonds is 3. The number of carbonyl (C=O) groups is 1. The molecule has 0 saturated heterocycles. The Hall–Kier alpha value is -1.77. The van der Waals surface area contributed by atoms with Crippen LogP contribution in [0.2, 0.25) is 0 Å². The van der Waals surface area contributed by atoms with Crippen molar-refractivity contribution in [1.82, 2.24) is 5.32 Å². The van der Waals surface area contributed by atoms with Gasteiger partial charge >= 0.3 is 6.03 Å². The highest BCUT2D eigenvalue weighted by Crippen LogP contribution is 2.27. The summed E-state index contributed by atoms with van der Waals surface area (Å²) >= 11 is 0. The van der Waals surface area contributed by atoms with Crippen molar-refractivity contribution >= 4 is 11.7 Å². The lowest BCUT2D eigenvalue weighted by atomic mass is 9.97. The molecule has 106 valence electrons. The SMILES string of the molecule is O=C(NCCC1=CCCCC1)N1CCc2ccccc21. The number of fused-ring (bicyclic) bond motifs is 1. The van der Waals surface area contributed by atoms with E-state index < -0.39 is 0 Å². The van der Waals surface area contributed by atoms with Gasteiger partial charge < -0.3 is 5.32 Å². The molecule has 1 aliphatic carbocycles. The zero-order chi connectivity index (χ0) is 13.8. The molecule has 0 bridgehead atoms. The molecule has 3 heteroatoms. The standard InChI is InChI=1S/C17H22N2O/c20-17(18-12-10-14-6-2-1-3-7-14)19-13-11-15-8-4-5-9-16(15)19/h4-6,8-9H,1-3,7,10-13H2,(H,18,20). The average molecular weight is 270 g/mol. The fraction of sp³-hybridized carbons (Fsp3) is 0.471. The topological polar surface area (TPSA) is 32.3 Å². The van der Waals surface area contributed by atoms with E-state index in [4.69, 9.17) is 0 Å². The Morgan fingerprint density at radius 3 is 2.95 bits per heavy atom. The smallest absolute Gasteiger partial charge is 0.321 e. The van der Waals surface area contributed by atoms with Crippen LogP contribution < -0.4 is 10.2 Å². The number of allylic oxidation sites excluding steroid dienone is 1.